The standard InChI is InChI=1S/C20H22/c1-15-9-5-7-11-19(15)17(3)13-14-18(4)20-12-8-6-10-16(20)2/h5-12H,3-4,13-14H2,1-2H3. The second-order valence-corrected chi connectivity index (χ2v) is 5.34. The van der Waals surface area contributed by atoms with Crippen molar-refractivity contribution in [3.63, 3.8) is 0 Å². The molecule has 0 nitrogen and oxygen atoms in total. The van der Waals surface area contributed by atoms with Crippen LogP contribution in [0.2, 0.25) is 0 Å². The van der Waals surface area contributed by atoms with E-state index < -0.39 is 0 Å². The van der Waals surface area contributed by atoms with Crippen LogP contribution < -0.4 is 0 Å². The Morgan fingerprint density at radius 2 is 1.05 bits per heavy atom. The first kappa shape index (κ1) is 14.3. The Bertz CT molecular complexity index is 574. The fourth-order valence-electron chi connectivity index (χ4n) is 2.51. The first-order valence-corrected chi connectivity index (χ1v) is 7.07. The minimum atomic E-state index is 0.956. The quantitative estimate of drug-likeness (QED) is 0.637. The highest BCUT2D eigenvalue weighted by molar-refractivity contribution is 5.71. The van der Waals surface area contributed by atoms with Crippen LogP contribution in [0.3, 0.4) is 0 Å². The highest BCUT2D eigenvalue weighted by Gasteiger charge is 2.06. The summed E-state index contributed by atoms with van der Waals surface area (Å²) in [7, 11) is 0. The van der Waals surface area contributed by atoms with E-state index in [-0.39, 0.29) is 0 Å². The second-order valence-electron chi connectivity index (χ2n) is 5.34. The lowest BCUT2D eigenvalue weighted by molar-refractivity contribution is 1.08. The van der Waals surface area contributed by atoms with Crippen molar-refractivity contribution in [1.29, 1.82) is 0 Å². The summed E-state index contributed by atoms with van der Waals surface area (Å²) in [5, 5.41) is 0. The van der Waals surface area contributed by atoms with Gasteiger partial charge in [-0.25, -0.2) is 0 Å². The first-order chi connectivity index (χ1) is 9.59. The molecule has 0 heteroatoms. The molecular formula is C20H22. The molecular weight excluding hydrogens is 240 g/mol. The van der Waals surface area contributed by atoms with Crippen LogP contribution in [0, 0.1) is 13.8 Å². The van der Waals surface area contributed by atoms with Gasteiger partial charge in [0.05, 0.1) is 0 Å². The molecule has 0 aliphatic carbocycles. The van der Waals surface area contributed by atoms with Crippen LogP contribution in [0.25, 0.3) is 11.1 Å². The van der Waals surface area contributed by atoms with Crippen molar-refractivity contribution in [2.75, 3.05) is 0 Å². The SMILES string of the molecule is C=C(CCC(=C)c1ccccc1C)c1ccccc1C. The molecule has 0 radical (unpaired) electrons. The maximum atomic E-state index is 4.23. The minimum Gasteiger partial charge on any atom is -0.0952 e. The number of rotatable bonds is 5. The Kier molecular flexibility index (Phi) is 4.57. The van der Waals surface area contributed by atoms with Gasteiger partial charge in [0.15, 0.2) is 0 Å². The van der Waals surface area contributed by atoms with Gasteiger partial charge in [0.25, 0.3) is 0 Å². The summed E-state index contributed by atoms with van der Waals surface area (Å²) in [5.41, 5.74) is 7.50. The summed E-state index contributed by atoms with van der Waals surface area (Å²) in [6, 6.07) is 16.8. The highest BCUT2D eigenvalue weighted by atomic mass is 14.1. The number of aryl methyl sites for hydroxylation is 2. The Balaban J connectivity index is 2.03. The highest BCUT2D eigenvalue weighted by Crippen LogP contribution is 2.27. The van der Waals surface area contributed by atoms with Crippen LogP contribution in [-0.4, -0.2) is 0 Å². The van der Waals surface area contributed by atoms with Gasteiger partial charge in [-0.2, -0.15) is 0 Å². The second kappa shape index (κ2) is 6.38. The largest absolute Gasteiger partial charge is 0.0952 e. The van der Waals surface area contributed by atoms with Gasteiger partial charge in [0.1, 0.15) is 0 Å². The van der Waals surface area contributed by atoms with Crippen molar-refractivity contribution in [3.05, 3.63) is 83.9 Å². The Hall–Kier alpha value is -2.08. The van der Waals surface area contributed by atoms with Crippen molar-refractivity contribution in [3.8, 4) is 0 Å². The smallest absolute Gasteiger partial charge is 0.0201 e. The minimum absolute atomic E-state index is 0.956. The summed E-state index contributed by atoms with van der Waals surface area (Å²) in [6.07, 6.45) is 1.91. The van der Waals surface area contributed by atoms with E-state index in [1.54, 1.807) is 0 Å². The van der Waals surface area contributed by atoms with E-state index in [1.165, 1.54) is 33.4 Å². The monoisotopic (exact) mass is 262 g/mol. The normalized spacial score (nSPS) is 10.3. The van der Waals surface area contributed by atoms with Gasteiger partial charge in [0, 0.05) is 0 Å². The molecule has 102 valence electrons. The van der Waals surface area contributed by atoms with Crippen molar-refractivity contribution in [1.82, 2.24) is 0 Å². The van der Waals surface area contributed by atoms with Crippen LogP contribution >= 0.6 is 0 Å². The van der Waals surface area contributed by atoms with Crippen LogP contribution in [0.5, 0.6) is 0 Å². The molecule has 0 aliphatic heterocycles. The third-order valence-corrected chi connectivity index (χ3v) is 3.78. The van der Waals surface area contributed by atoms with E-state index >= 15 is 0 Å². The summed E-state index contributed by atoms with van der Waals surface area (Å²) in [4.78, 5) is 0. The maximum absolute atomic E-state index is 4.23. The summed E-state index contributed by atoms with van der Waals surface area (Å²) >= 11 is 0. The van der Waals surface area contributed by atoms with Gasteiger partial charge in [-0.05, 0) is 60.1 Å². The maximum Gasteiger partial charge on any atom is -0.0201 e. The average molecular weight is 262 g/mol. The van der Waals surface area contributed by atoms with Gasteiger partial charge in [-0.15, -0.1) is 0 Å². The molecule has 0 N–H and O–H groups in total. The summed E-state index contributed by atoms with van der Waals surface area (Å²) in [5.74, 6) is 0. The third kappa shape index (κ3) is 3.27. The molecule has 0 amide bonds. The van der Waals surface area contributed by atoms with Crippen molar-refractivity contribution >= 4 is 11.1 Å². The van der Waals surface area contributed by atoms with Gasteiger partial charge < -0.3 is 0 Å². The Morgan fingerprint density at radius 1 is 0.700 bits per heavy atom. The predicted molar refractivity (Wildman–Crippen MR) is 89.7 cm³/mol. The van der Waals surface area contributed by atoms with Crippen molar-refractivity contribution in [2.24, 2.45) is 0 Å². The third-order valence-electron chi connectivity index (χ3n) is 3.78. The topological polar surface area (TPSA) is 0 Å². The van der Waals surface area contributed by atoms with Crippen LogP contribution in [0.4, 0.5) is 0 Å². The number of hydrogen-bond donors (Lipinski definition) is 0. The Labute approximate surface area is 122 Å². The van der Waals surface area contributed by atoms with Gasteiger partial charge in [-0.3, -0.25) is 0 Å². The molecule has 0 spiro atoms. The molecule has 0 aromatic heterocycles. The molecule has 0 saturated heterocycles. The molecule has 0 heterocycles. The fraction of sp³-hybridized carbons (Fsp3) is 0.200. The molecule has 2 rings (SSSR count). The number of benzene rings is 2. The van der Waals surface area contributed by atoms with E-state index in [9.17, 15) is 0 Å². The van der Waals surface area contributed by atoms with Crippen LogP contribution in [-0.2, 0) is 0 Å². The van der Waals surface area contributed by atoms with Gasteiger partial charge >= 0.3 is 0 Å². The zero-order valence-electron chi connectivity index (χ0n) is 12.4. The molecule has 20 heavy (non-hydrogen) atoms. The molecule has 2 aromatic rings. The summed E-state index contributed by atoms with van der Waals surface area (Å²) < 4.78 is 0. The van der Waals surface area contributed by atoms with E-state index in [1.807, 2.05) is 0 Å². The van der Waals surface area contributed by atoms with Gasteiger partial charge in [0.2, 0.25) is 0 Å². The molecule has 0 atom stereocenters. The molecule has 0 saturated carbocycles. The van der Waals surface area contributed by atoms with E-state index in [2.05, 4.69) is 75.5 Å². The fourth-order valence-corrected chi connectivity index (χ4v) is 2.51. The lowest BCUT2D eigenvalue weighted by atomic mass is 9.93. The zero-order chi connectivity index (χ0) is 14.5. The van der Waals surface area contributed by atoms with Crippen molar-refractivity contribution < 1.29 is 0 Å². The molecule has 0 aliphatic rings. The van der Waals surface area contributed by atoms with E-state index in [0.29, 0.717) is 0 Å². The summed E-state index contributed by atoms with van der Waals surface area (Å²) in [6.45, 7) is 12.7. The average Bonchev–Trinajstić information content (AvgIpc) is 2.45. The number of allylic oxidation sites excluding steroid dienone is 2. The lowest BCUT2D eigenvalue weighted by Gasteiger charge is -2.12. The zero-order valence-corrected chi connectivity index (χ0v) is 12.4. The Morgan fingerprint density at radius 3 is 1.40 bits per heavy atom. The molecule has 0 bridgehead atoms. The van der Waals surface area contributed by atoms with E-state index in [0.717, 1.165) is 12.8 Å². The van der Waals surface area contributed by atoms with Gasteiger partial charge in [-0.1, -0.05) is 61.7 Å². The molecule has 0 fully saturated rings. The van der Waals surface area contributed by atoms with Crippen molar-refractivity contribution in [2.45, 2.75) is 26.7 Å². The van der Waals surface area contributed by atoms with Crippen LogP contribution in [0.15, 0.2) is 61.7 Å². The molecule has 0 unspecified atom stereocenters. The first-order valence-electron chi connectivity index (χ1n) is 7.07. The number of hydrogen-bond acceptors (Lipinski definition) is 0. The van der Waals surface area contributed by atoms with Crippen LogP contribution in [0.1, 0.15) is 35.1 Å². The molecule has 2 aromatic carbocycles. The van der Waals surface area contributed by atoms with E-state index in [4.69, 9.17) is 0 Å². The predicted octanol–water partition coefficient (Wildman–Crippen LogP) is 5.81. The lowest BCUT2D eigenvalue weighted by Crippen LogP contribution is -1.91.